The predicted octanol–water partition coefficient (Wildman–Crippen LogP) is 3.23. The number of aromatic amines is 1. The molecule has 4 heterocycles. The minimum atomic E-state index is -3.72. The first-order valence-electron chi connectivity index (χ1n) is 9.97. The van der Waals surface area contributed by atoms with Gasteiger partial charge in [-0.15, -0.1) is 41.7 Å². The Balaban J connectivity index is 0.00000259. The summed E-state index contributed by atoms with van der Waals surface area (Å²) in [5.41, 5.74) is 2.98. The first kappa shape index (κ1) is 23.6. The Kier molecular flexibility index (Phi) is 6.45. The van der Waals surface area contributed by atoms with Gasteiger partial charge in [0.2, 0.25) is 0 Å². The normalized spacial score (nSPS) is 14.8. The fourth-order valence-corrected chi connectivity index (χ4v) is 6.09. The van der Waals surface area contributed by atoms with Crippen molar-refractivity contribution < 1.29 is 13.2 Å². The molecule has 8 nitrogen and oxygen atoms in total. The molecule has 170 valence electrons. The van der Waals surface area contributed by atoms with E-state index in [1.165, 1.54) is 15.6 Å². The lowest BCUT2D eigenvalue weighted by Crippen LogP contribution is -2.50. The topological polar surface area (TPSA) is 99.3 Å². The van der Waals surface area contributed by atoms with Crippen LogP contribution in [0.2, 0.25) is 0 Å². The minimum Gasteiger partial charge on any atom is -0.345 e. The second-order valence-corrected chi connectivity index (χ2v) is 10.5. The van der Waals surface area contributed by atoms with Crippen molar-refractivity contribution in [3.05, 3.63) is 52.8 Å². The molecule has 1 amide bonds. The summed E-state index contributed by atoms with van der Waals surface area (Å²) in [5, 5.41) is 1.26. The third kappa shape index (κ3) is 4.35. The average Bonchev–Trinajstić information content (AvgIpc) is 3.42. The second-order valence-electron chi connectivity index (χ2n) is 7.59. The van der Waals surface area contributed by atoms with Crippen molar-refractivity contribution in [2.24, 2.45) is 0 Å². The zero-order valence-corrected chi connectivity index (χ0v) is 21.6. The number of nitrogens with one attached hydrogen (secondary N) is 1. The SMILES string of the molecule is C#Cc1ccc2[nH]c(S(=O)(=O)N3CCN(C(=O)c4nc5cc(C)ncc5s4)CC3)cc2c1.I. The molecular weight excluding hydrogens is 573 g/mol. The van der Waals surface area contributed by atoms with Crippen LogP contribution >= 0.6 is 35.3 Å². The molecule has 1 aromatic carbocycles. The lowest BCUT2D eigenvalue weighted by atomic mass is 10.2. The molecule has 0 unspecified atom stereocenters. The molecule has 1 fully saturated rings. The van der Waals surface area contributed by atoms with Gasteiger partial charge in [-0.05, 0) is 37.3 Å². The maximum absolute atomic E-state index is 13.1. The summed E-state index contributed by atoms with van der Waals surface area (Å²) in [7, 11) is -3.72. The van der Waals surface area contributed by atoms with Crippen LogP contribution in [0.4, 0.5) is 0 Å². The molecule has 0 aliphatic carbocycles. The maximum atomic E-state index is 13.1. The highest BCUT2D eigenvalue weighted by Crippen LogP contribution is 2.25. The third-order valence-corrected chi connectivity index (χ3v) is 8.32. The van der Waals surface area contributed by atoms with Crippen LogP contribution in [-0.2, 0) is 10.0 Å². The zero-order chi connectivity index (χ0) is 22.5. The van der Waals surface area contributed by atoms with Gasteiger partial charge in [-0.2, -0.15) is 4.31 Å². The smallest absolute Gasteiger partial charge is 0.282 e. The molecular formula is C22H20IN5O3S2. The number of terminal acetylenes is 1. The van der Waals surface area contributed by atoms with Gasteiger partial charge in [-0.25, -0.2) is 13.4 Å². The van der Waals surface area contributed by atoms with Gasteiger partial charge in [0.15, 0.2) is 5.01 Å². The highest BCUT2D eigenvalue weighted by molar-refractivity contribution is 14.0. The number of rotatable bonds is 3. The van der Waals surface area contributed by atoms with E-state index in [0.717, 1.165) is 21.3 Å². The number of fused-ring (bicyclic) bond motifs is 2. The number of amides is 1. The molecule has 1 N–H and O–H groups in total. The summed E-state index contributed by atoms with van der Waals surface area (Å²) in [6.45, 7) is 2.90. The molecule has 3 aromatic heterocycles. The van der Waals surface area contributed by atoms with Crippen molar-refractivity contribution in [1.29, 1.82) is 0 Å². The number of benzene rings is 1. The average molecular weight is 593 g/mol. The van der Waals surface area contributed by atoms with Crippen LogP contribution in [0.1, 0.15) is 21.1 Å². The van der Waals surface area contributed by atoms with Crippen LogP contribution in [-0.4, -0.2) is 64.7 Å². The van der Waals surface area contributed by atoms with Gasteiger partial charge in [0.1, 0.15) is 5.03 Å². The Morgan fingerprint density at radius 1 is 1.18 bits per heavy atom. The van der Waals surface area contributed by atoms with Crippen molar-refractivity contribution in [2.75, 3.05) is 26.2 Å². The van der Waals surface area contributed by atoms with E-state index < -0.39 is 10.0 Å². The molecule has 0 saturated carbocycles. The van der Waals surface area contributed by atoms with Crippen molar-refractivity contribution in [3.63, 3.8) is 0 Å². The predicted molar refractivity (Wildman–Crippen MR) is 138 cm³/mol. The van der Waals surface area contributed by atoms with Crippen LogP contribution in [0.5, 0.6) is 0 Å². The van der Waals surface area contributed by atoms with Gasteiger partial charge >= 0.3 is 0 Å². The molecule has 33 heavy (non-hydrogen) atoms. The Morgan fingerprint density at radius 3 is 2.67 bits per heavy atom. The summed E-state index contributed by atoms with van der Waals surface area (Å²) < 4.78 is 28.5. The van der Waals surface area contributed by atoms with E-state index in [4.69, 9.17) is 6.42 Å². The Bertz CT molecular complexity index is 1510. The molecule has 1 aliphatic heterocycles. The highest BCUT2D eigenvalue weighted by Gasteiger charge is 2.32. The van der Waals surface area contributed by atoms with E-state index in [9.17, 15) is 13.2 Å². The molecule has 1 saturated heterocycles. The molecule has 0 spiro atoms. The van der Waals surface area contributed by atoms with Crippen molar-refractivity contribution in [1.82, 2.24) is 24.2 Å². The van der Waals surface area contributed by atoms with Crippen LogP contribution in [0, 0.1) is 19.3 Å². The lowest BCUT2D eigenvalue weighted by molar-refractivity contribution is 0.0697. The quantitative estimate of drug-likeness (QED) is 0.291. The molecule has 0 bridgehead atoms. The summed E-state index contributed by atoms with van der Waals surface area (Å²) in [5.74, 6) is 2.36. The number of H-pyrrole nitrogens is 1. The highest BCUT2D eigenvalue weighted by atomic mass is 127. The molecule has 11 heteroatoms. The second kappa shape index (κ2) is 9.02. The number of hydrogen-bond donors (Lipinski definition) is 1. The van der Waals surface area contributed by atoms with Gasteiger partial charge in [0.05, 0.1) is 10.2 Å². The fourth-order valence-electron chi connectivity index (χ4n) is 3.77. The Morgan fingerprint density at radius 2 is 1.94 bits per heavy atom. The number of carbonyl (C=O) groups excluding carboxylic acids is 1. The Labute approximate surface area is 212 Å². The van der Waals surface area contributed by atoms with Crippen LogP contribution < -0.4 is 0 Å². The number of carbonyl (C=O) groups is 1. The molecule has 1 aliphatic rings. The van der Waals surface area contributed by atoms with Crippen molar-refractivity contribution in [2.45, 2.75) is 11.9 Å². The van der Waals surface area contributed by atoms with E-state index in [1.807, 2.05) is 13.0 Å². The number of aromatic nitrogens is 3. The first-order chi connectivity index (χ1) is 15.3. The maximum Gasteiger partial charge on any atom is 0.282 e. The monoisotopic (exact) mass is 593 g/mol. The van der Waals surface area contributed by atoms with E-state index in [0.29, 0.717) is 29.2 Å². The molecule has 0 radical (unpaired) electrons. The van der Waals surface area contributed by atoms with Crippen LogP contribution in [0.25, 0.3) is 21.1 Å². The summed E-state index contributed by atoms with van der Waals surface area (Å²) in [6, 6.07) is 8.75. The minimum absolute atomic E-state index is 0. The van der Waals surface area contributed by atoms with Crippen molar-refractivity contribution in [3.8, 4) is 12.3 Å². The van der Waals surface area contributed by atoms with Crippen molar-refractivity contribution >= 4 is 72.4 Å². The number of thiazole rings is 1. The summed E-state index contributed by atoms with van der Waals surface area (Å²) in [6.07, 6.45) is 7.15. The van der Waals surface area contributed by atoms with Gasteiger partial charge in [-0.3, -0.25) is 9.78 Å². The molecule has 4 aromatic rings. The fraction of sp³-hybridized carbons (Fsp3) is 0.227. The van der Waals surface area contributed by atoms with E-state index in [2.05, 4.69) is 20.9 Å². The summed E-state index contributed by atoms with van der Waals surface area (Å²) >= 11 is 1.30. The van der Waals surface area contributed by atoms with Gasteiger partial charge in [-0.1, -0.05) is 5.92 Å². The number of hydrogen-bond acceptors (Lipinski definition) is 6. The summed E-state index contributed by atoms with van der Waals surface area (Å²) in [4.78, 5) is 26.2. The first-order valence-corrected chi connectivity index (χ1v) is 12.2. The zero-order valence-electron chi connectivity index (χ0n) is 17.6. The number of piperazine rings is 1. The van der Waals surface area contributed by atoms with Gasteiger partial charge in [0, 0.05) is 54.5 Å². The Hall–Kier alpha value is -2.53. The number of nitrogens with zero attached hydrogens (tertiary/aromatic N) is 4. The largest absolute Gasteiger partial charge is 0.345 e. The number of aryl methyl sites for hydroxylation is 1. The van der Waals surface area contributed by atoms with E-state index >= 15 is 0 Å². The third-order valence-electron chi connectivity index (χ3n) is 5.50. The van der Waals surface area contributed by atoms with Crippen LogP contribution in [0.15, 0.2) is 41.6 Å². The standard InChI is InChI=1S/C22H19N5O3S2.HI/c1-3-15-4-5-17-16(11-15)12-20(24-17)32(29,30)27-8-6-26(7-9-27)22(28)21-25-18-10-14(2)23-13-19(18)31-21;/h1,4-5,10-13,24H,6-9H2,2H3;1H. The van der Waals surface area contributed by atoms with E-state index in [-0.39, 0.29) is 48.0 Å². The number of pyridine rings is 1. The van der Waals surface area contributed by atoms with Gasteiger partial charge < -0.3 is 9.88 Å². The van der Waals surface area contributed by atoms with Crippen LogP contribution in [0.3, 0.4) is 0 Å². The number of halogens is 1. The van der Waals surface area contributed by atoms with Gasteiger partial charge in [0.25, 0.3) is 15.9 Å². The lowest BCUT2D eigenvalue weighted by Gasteiger charge is -2.33. The number of sulfonamides is 1. The molecule has 5 rings (SSSR count). The van der Waals surface area contributed by atoms with E-state index in [1.54, 1.807) is 35.4 Å². The molecule has 0 atom stereocenters.